The molecule has 0 N–H and O–H groups in total. The van der Waals surface area contributed by atoms with E-state index in [2.05, 4.69) is 19.1 Å². The van der Waals surface area contributed by atoms with Gasteiger partial charge < -0.3 is 0 Å². The number of halogens is 4. The predicted octanol–water partition coefficient (Wildman–Crippen LogP) is 11.3. The van der Waals surface area contributed by atoms with E-state index in [-0.39, 0.29) is 17.0 Å². The molecule has 0 amide bonds. The molecule has 4 heteroatoms. The molecule has 1 fully saturated rings. The molecule has 208 valence electrons. The zero-order valence-corrected chi connectivity index (χ0v) is 23.2. The molecule has 3 aromatic rings. The van der Waals surface area contributed by atoms with Crippen molar-refractivity contribution < 1.29 is 17.6 Å². The Labute approximate surface area is 231 Å². The van der Waals surface area contributed by atoms with E-state index in [0.717, 1.165) is 64.2 Å². The largest absolute Gasteiger partial charge is 0.203 e. The van der Waals surface area contributed by atoms with Crippen molar-refractivity contribution in [3.05, 3.63) is 95.1 Å². The van der Waals surface area contributed by atoms with Crippen LogP contribution in [-0.2, 0) is 6.42 Å². The molecule has 3 aromatic carbocycles. The molecule has 0 spiro atoms. The van der Waals surface area contributed by atoms with Gasteiger partial charge in [-0.2, -0.15) is 0 Å². The molecular weight excluding hydrogens is 496 g/mol. The first-order valence-electron chi connectivity index (χ1n) is 14.6. The van der Waals surface area contributed by atoms with Crippen LogP contribution in [0.25, 0.3) is 22.3 Å². The average Bonchev–Trinajstić information content (AvgIpc) is 2.96. The molecule has 0 heterocycles. The minimum atomic E-state index is -0.867. The third kappa shape index (κ3) is 7.01. The summed E-state index contributed by atoms with van der Waals surface area (Å²) in [6.07, 6.45) is 14.9. The fourth-order valence-electron chi connectivity index (χ4n) is 5.94. The molecule has 0 aliphatic heterocycles. The lowest BCUT2D eigenvalue weighted by molar-refractivity contribution is 0.306. The van der Waals surface area contributed by atoms with Crippen molar-refractivity contribution in [1.29, 1.82) is 0 Å². The molecule has 39 heavy (non-hydrogen) atoms. The van der Waals surface area contributed by atoms with E-state index in [0.29, 0.717) is 34.6 Å². The van der Waals surface area contributed by atoms with Gasteiger partial charge in [0.05, 0.1) is 0 Å². The SMILES string of the molecule is CC=CCCC1CCC(c2ccc(-c3ccc(-c4ccc(CCCCCC)c(F)c4F)cc3)c(F)c2F)CC1. The van der Waals surface area contributed by atoms with E-state index < -0.39 is 23.3 Å². The standard InChI is InChI=1S/C35H40F4/c1-3-5-7-9-11-28-20-21-29(33(37)32(28)36)26-16-18-27(19-17-26)31-23-22-30(34(38)35(31)39)25-14-12-24(13-15-25)10-8-6-4-2/h4,6,16-25H,3,5,7-15H2,1-2H3. The second kappa shape index (κ2) is 14.0. The van der Waals surface area contributed by atoms with Crippen LogP contribution in [0.1, 0.15) is 95.1 Å². The maximum atomic E-state index is 15.2. The summed E-state index contributed by atoms with van der Waals surface area (Å²) < 4.78 is 60.1. The van der Waals surface area contributed by atoms with Crippen LogP contribution >= 0.6 is 0 Å². The van der Waals surface area contributed by atoms with Crippen LogP contribution < -0.4 is 0 Å². The molecule has 4 rings (SSSR count). The number of hydrogen-bond acceptors (Lipinski definition) is 0. The van der Waals surface area contributed by atoms with Gasteiger partial charge in [0.15, 0.2) is 23.3 Å². The third-order valence-electron chi connectivity index (χ3n) is 8.34. The Hall–Kier alpha value is -2.88. The Morgan fingerprint density at radius 2 is 1.31 bits per heavy atom. The van der Waals surface area contributed by atoms with Gasteiger partial charge in [0.25, 0.3) is 0 Å². The van der Waals surface area contributed by atoms with Crippen LogP contribution in [0.15, 0.2) is 60.7 Å². The highest BCUT2D eigenvalue weighted by molar-refractivity contribution is 5.71. The lowest BCUT2D eigenvalue weighted by atomic mass is 9.77. The fraction of sp³-hybridized carbons (Fsp3) is 0.429. The van der Waals surface area contributed by atoms with Gasteiger partial charge in [-0.1, -0.05) is 86.9 Å². The molecule has 0 aromatic heterocycles. The smallest absolute Gasteiger partial charge is 0.166 e. The van der Waals surface area contributed by atoms with Crippen LogP contribution in [0.4, 0.5) is 17.6 Å². The molecule has 1 saturated carbocycles. The zero-order chi connectivity index (χ0) is 27.8. The number of benzene rings is 3. The second-order valence-corrected chi connectivity index (χ2v) is 11.0. The van der Waals surface area contributed by atoms with Crippen LogP contribution in [0.2, 0.25) is 0 Å². The van der Waals surface area contributed by atoms with Gasteiger partial charge in [-0.05, 0) is 92.4 Å². The highest BCUT2D eigenvalue weighted by Crippen LogP contribution is 2.40. The highest BCUT2D eigenvalue weighted by atomic mass is 19.2. The zero-order valence-electron chi connectivity index (χ0n) is 23.2. The summed E-state index contributed by atoms with van der Waals surface area (Å²) in [5, 5.41) is 0. The van der Waals surface area contributed by atoms with Crippen molar-refractivity contribution in [3.8, 4) is 22.3 Å². The Kier molecular flexibility index (Phi) is 10.4. The minimum Gasteiger partial charge on any atom is -0.203 e. The predicted molar refractivity (Wildman–Crippen MR) is 154 cm³/mol. The van der Waals surface area contributed by atoms with Crippen molar-refractivity contribution in [2.75, 3.05) is 0 Å². The van der Waals surface area contributed by atoms with Gasteiger partial charge in [0, 0.05) is 11.1 Å². The molecule has 1 aliphatic carbocycles. The quantitative estimate of drug-likeness (QED) is 0.130. The number of unbranched alkanes of at least 4 members (excludes halogenated alkanes) is 3. The monoisotopic (exact) mass is 536 g/mol. The third-order valence-corrected chi connectivity index (χ3v) is 8.34. The number of hydrogen-bond donors (Lipinski definition) is 0. The molecule has 1 aliphatic rings. The average molecular weight is 537 g/mol. The Bertz CT molecular complexity index is 1250. The van der Waals surface area contributed by atoms with Crippen LogP contribution in [-0.4, -0.2) is 0 Å². The van der Waals surface area contributed by atoms with E-state index in [1.807, 2.05) is 6.92 Å². The van der Waals surface area contributed by atoms with E-state index >= 15 is 8.78 Å². The maximum absolute atomic E-state index is 15.2. The summed E-state index contributed by atoms with van der Waals surface area (Å²) in [5.41, 5.74) is 2.20. The topological polar surface area (TPSA) is 0 Å². The van der Waals surface area contributed by atoms with E-state index in [1.165, 1.54) is 0 Å². The fourth-order valence-corrected chi connectivity index (χ4v) is 5.94. The molecular formula is C35H40F4. The Morgan fingerprint density at radius 1 is 0.692 bits per heavy atom. The first-order chi connectivity index (χ1) is 18.9. The van der Waals surface area contributed by atoms with E-state index in [1.54, 1.807) is 48.5 Å². The summed E-state index contributed by atoms with van der Waals surface area (Å²) in [6.45, 7) is 4.14. The van der Waals surface area contributed by atoms with Crippen molar-refractivity contribution in [3.63, 3.8) is 0 Å². The lowest BCUT2D eigenvalue weighted by Crippen LogP contribution is -2.15. The van der Waals surface area contributed by atoms with Crippen LogP contribution in [0.3, 0.4) is 0 Å². The number of aryl methyl sites for hydroxylation is 1. The van der Waals surface area contributed by atoms with E-state index in [9.17, 15) is 8.78 Å². The van der Waals surface area contributed by atoms with Gasteiger partial charge in [-0.15, -0.1) is 0 Å². The summed E-state index contributed by atoms with van der Waals surface area (Å²) in [7, 11) is 0. The van der Waals surface area contributed by atoms with Gasteiger partial charge in [0.2, 0.25) is 0 Å². The molecule has 0 atom stereocenters. The van der Waals surface area contributed by atoms with E-state index in [4.69, 9.17) is 0 Å². The van der Waals surface area contributed by atoms with Crippen LogP contribution in [0, 0.1) is 29.2 Å². The van der Waals surface area contributed by atoms with Gasteiger partial charge in [-0.25, -0.2) is 17.6 Å². The minimum absolute atomic E-state index is 0.0429. The van der Waals surface area contributed by atoms with Gasteiger partial charge in [-0.3, -0.25) is 0 Å². The maximum Gasteiger partial charge on any atom is 0.166 e. The van der Waals surface area contributed by atoms with Crippen molar-refractivity contribution in [2.45, 2.75) is 90.4 Å². The lowest BCUT2D eigenvalue weighted by Gasteiger charge is -2.29. The van der Waals surface area contributed by atoms with Crippen molar-refractivity contribution >= 4 is 0 Å². The normalized spacial score (nSPS) is 17.7. The molecule has 0 unspecified atom stereocenters. The summed E-state index contributed by atoms with van der Waals surface area (Å²) in [6, 6.07) is 13.2. The molecule has 0 radical (unpaired) electrons. The molecule has 0 nitrogen and oxygen atoms in total. The second-order valence-electron chi connectivity index (χ2n) is 11.0. The van der Waals surface area contributed by atoms with Crippen LogP contribution in [0.5, 0.6) is 0 Å². The first kappa shape index (κ1) is 29.1. The van der Waals surface area contributed by atoms with Gasteiger partial charge >= 0.3 is 0 Å². The number of rotatable bonds is 11. The van der Waals surface area contributed by atoms with Gasteiger partial charge in [0.1, 0.15) is 0 Å². The Morgan fingerprint density at radius 3 is 1.92 bits per heavy atom. The Balaban J connectivity index is 1.46. The van der Waals surface area contributed by atoms with Crippen molar-refractivity contribution in [1.82, 2.24) is 0 Å². The highest BCUT2D eigenvalue weighted by Gasteiger charge is 2.26. The summed E-state index contributed by atoms with van der Waals surface area (Å²) >= 11 is 0. The number of allylic oxidation sites excluding steroid dienone is 2. The molecule has 0 saturated heterocycles. The summed E-state index contributed by atoms with van der Waals surface area (Å²) in [5.74, 6) is -2.58. The summed E-state index contributed by atoms with van der Waals surface area (Å²) in [4.78, 5) is 0. The first-order valence-corrected chi connectivity index (χ1v) is 14.6. The molecule has 0 bridgehead atoms. The van der Waals surface area contributed by atoms with Crippen molar-refractivity contribution in [2.24, 2.45) is 5.92 Å².